The fraction of sp³-hybridized carbons (Fsp3) is 0.588. The van der Waals surface area contributed by atoms with Crippen molar-refractivity contribution in [2.24, 2.45) is 5.41 Å². The lowest BCUT2D eigenvalue weighted by Gasteiger charge is -2.33. The zero-order chi connectivity index (χ0) is 18.7. The predicted octanol–water partition coefficient (Wildman–Crippen LogP) is 1.61. The SMILES string of the molecule is CC(C)(C)C(=O)ON1CCNC(c2ccc(COS(C)(=O)=O)cc2)C1. The third-order valence-electron chi connectivity index (χ3n) is 3.78. The molecule has 8 heteroatoms. The van der Waals surface area contributed by atoms with E-state index in [4.69, 9.17) is 9.02 Å². The highest BCUT2D eigenvalue weighted by Crippen LogP contribution is 2.21. The van der Waals surface area contributed by atoms with Crippen LogP contribution in [0.4, 0.5) is 0 Å². The summed E-state index contributed by atoms with van der Waals surface area (Å²) in [7, 11) is -3.45. The molecule has 140 valence electrons. The van der Waals surface area contributed by atoms with Crippen LogP contribution in [0.2, 0.25) is 0 Å². The lowest BCUT2D eigenvalue weighted by molar-refractivity contribution is -0.205. The predicted molar refractivity (Wildman–Crippen MR) is 93.9 cm³/mol. The van der Waals surface area contributed by atoms with Crippen molar-refractivity contribution in [3.63, 3.8) is 0 Å². The molecule has 0 radical (unpaired) electrons. The largest absolute Gasteiger partial charge is 0.367 e. The molecule has 25 heavy (non-hydrogen) atoms. The van der Waals surface area contributed by atoms with Crippen LogP contribution in [0.1, 0.15) is 37.9 Å². The van der Waals surface area contributed by atoms with Crippen LogP contribution < -0.4 is 5.32 Å². The van der Waals surface area contributed by atoms with E-state index in [-0.39, 0.29) is 18.6 Å². The summed E-state index contributed by atoms with van der Waals surface area (Å²) in [5.41, 5.74) is 1.28. The van der Waals surface area contributed by atoms with Crippen molar-refractivity contribution < 1.29 is 22.2 Å². The molecular formula is C17H26N2O5S. The van der Waals surface area contributed by atoms with Gasteiger partial charge in [-0.2, -0.15) is 8.42 Å². The maximum absolute atomic E-state index is 12.0. The second-order valence-electron chi connectivity index (χ2n) is 7.23. The summed E-state index contributed by atoms with van der Waals surface area (Å²) in [6, 6.07) is 7.55. The third kappa shape index (κ3) is 6.39. The summed E-state index contributed by atoms with van der Waals surface area (Å²) >= 11 is 0. The Morgan fingerprint density at radius 2 is 1.92 bits per heavy atom. The maximum atomic E-state index is 12.0. The lowest BCUT2D eigenvalue weighted by atomic mass is 9.98. The minimum atomic E-state index is -3.45. The molecule has 1 aromatic rings. The number of benzene rings is 1. The van der Waals surface area contributed by atoms with Gasteiger partial charge >= 0.3 is 5.97 Å². The fourth-order valence-electron chi connectivity index (χ4n) is 2.30. The van der Waals surface area contributed by atoms with Gasteiger partial charge in [0.05, 0.1) is 24.8 Å². The van der Waals surface area contributed by atoms with E-state index in [0.29, 0.717) is 19.6 Å². The summed E-state index contributed by atoms with van der Waals surface area (Å²) in [4.78, 5) is 17.5. The van der Waals surface area contributed by atoms with E-state index < -0.39 is 15.5 Å². The van der Waals surface area contributed by atoms with Gasteiger partial charge < -0.3 is 10.2 Å². The quantitative estimate of drug-likeness (QED) is 0.788. The number of nitrogens with one attached hydrogen (secondary N) is 1. The number of hydroxylamine groups is 2. The Morgan fingerprint density at radius 3 is 2.48 bits per heavy atom. The second kappa shape index (κ2) is 7.82. The monoisotopic (exact) mass is 370 g/mol. The van der Waals surface area contributed by atoms with Crippen LogP contribution in [0.3, 0.4) is 0 Å². The standard InChI is InChI=1S/C17H26N2O5S/c1-17(2,3)16(20)24-19-10-9-18-15(11-19)14-7-5-13(6-8-14)12-23-25(4,21)22/h5-8,15,18H,9-12H2,1-4H3. The van der Waals surface area contributed by atoms with Crippen LogP contribution in [-0.4, -0.2) is 45.3 Å². The van der Waals surface area contributed by atoms with Crippen LogP contribution in [0.15, 0.2) is 24.3 Å². The van der Waals surface area contributed by atoms with Crippen LogP contribution in [0.5, 0.6) is 0 Å². The minimum absolute atomic E-state index is 0.0204. The highest BCUT2D eigenvalue weighted by Gasteiger charge is 2.29. The van der Waals surface area contributed by atoms with Gasteiger partial charge in [0.25, 0.3) is 10.1 Å². The van der Waals surface area contributed by atoms with E-state index in [1.165, 1.54) is 0 Å². The fourth-order valence-corrected chi connectivity index (χ4v) is 2.65. The summed E-state index contributed by atoms with van der Waals surface area (Å²) in [5.74, 6) is -0.249. The topological polar surface area (TPSA) is 84.9 Å². The number of carbonyl (C=O) groups excluding carboxylic acids is 1. The number of rotatable bonds is 5. The van der Waals surface area contributed by atoms with Crippen LogP contribution in [0.25, 0.3) is 0 Å². The van der Waals surface area contributed by atoms with E-state index in [2.05, 4.69) is 5.32 Å². The molecule has 0 bridgehead atoms. The van der Waals surface area contributed by atoms with Crippen molar-refractivity contribution in [3.05, 3.63) is 35.4 Å². The van der Waals surface area contributed by atoms with Gasteiger partial charge in [0.15, 0.2) is 0 Å². The molecule has 1 aliphatic rings. The molecule has 1 N–H and O–H groups in total. The van der Waals surface area contributed by atoms with Gasteiger partial charge in [-0.15, -0.1) is 5.06 Å². The van der Waals surface area contributed by atoms with Crippen molar-refractivity contribution in [3.8, 4) is 0 Å². The first-order chi connectivity index (χ1) is 11.5. The zero-order valence-electron chi connectivity index (χ0n) is 15.1. The molecule has 0 saturated carbocycles. The van der Waals surface area contributed by atoms with E-state index in [0.717, 1.165) is 17.4 Å². The van der Waals surface area contributed by atoms with Gasteiger partial charge in [-0.1, -0.05) is 24.3 Å². The molecule has 0 aliphatic carbocycles. The van der Waals surface area contributed by atoms with Gasteiger partial charge in [0.1, 0.15) is 0 Å². The molecule has 1 saturated heterocycles. The molecule has 0 spiro atoms. The molecule has 0 amide bonds. The van der Waals surface area contributed by atoms with Crippen molar-refractivity contribution in [2.45, 2.75) is 33.4 Å². The first kappa shape index (κ1) is 19.8. The highest BCUT2D eigenvalue weighted by atomic mass is 32.2. The van der Waals surface area contributed by atoms with E-state index in [1.807, 2.05) is 45.0 Å². The van der Waals surface area contributed by atoms with E-state index >= 15 is 0 Å². The Bertz CT molecular complexity index is 695. The molecule has 1 aliphatic heterocycles. The van der Waals surface area contributed by atoms with Crippen LogP contribution >= 0.6 is 0 Å². The maximum Gasteiger partial charge on any atom is 0.330 e. The molecule has 2 rings (SSSR count). The second-order valence-corrected chi connectivity index (χ2v) is 8.88. The highest BCUT2D eigenvalue weighted by molar-refractivity contribution is 7.85. The molecule has 1 fully saturated rings. The third-order valence-corrected chi connectivity index (χ3v) is 4.33. The van der Waals surface area contributed by atoms with Crippen molar-refractivity contribution in [1.82, 2.24) is 10.4 Å². The Morgan fingerprint density at radius 1 is 1.28 bits per heavy atom. The molecular weight excluding hydrogens is 344 g/mol. The summed E-state index contributed by atoms with van der Waals surface area (Å²) < 4.78 is 26.9. The molecule has 1 heterocycles. The smallest absolute Gasteiger partial charge is 0.330 e. The number of hydrogen-bond acceptors (Lipinski definition) is 7. The van der Waals surface area contributed by atoms with Crippen molar-refractivity contribution in [2.75, 3.05) is 25.9 Å². The average Bonchev–Trinajstić information content (AvgIpc) is 2.52. The molecule has 1 unspecified atom stereocenters. The molecule has 1 atom stereocenters. The Kier molecular flexibility index (Phi) is 6.21. The van der Waals surface area contributed by atoms with E-state index in [9.17, 15) is 13.2 Å². The Balaban J connectivity index is 1.95. The minimum Gasteiger partial charge on any atom is -0.367 e. The van der Waals surface area contributed by atoms with Gasteiger partial charge in [0.2, 0.25) is 0 Å². The average molecular weight is 370 g/mol. The normalized spacial score (nSPS) is 19.6. The van der Waals surface area contributed by atoms with Gasteiger partial charge in [-0.3, -0.25) is 4.18 Å². The number of nitrogens with zero attached hydrogens (tertiary/aromatic N) is 1. The Labute approximate surface area is 149 Å². The first-order valence-electron chi connectivity index (χ1n) is 8.18. The van der Waals surface area contributed by atoms with E-state index in [1.54, 1.807) is 5.06 Å². The van der Waals surface area contributed by atoms with Gasteiger partial charge in [0, 0.05) is 19.1 Å². The first-order valence-corrected chi connectivity index (χ1v) is 10.0. The summed E-state index contributed by atoms with van der Waals surface area (Å²) in [6.07, 6.45) is 1.03. The van der Waals surface area contributed by atoms with Crippen molar-refractivity contribution in [1.29, 1.82) is 0 Å². The summed E-state index contributed by atoms with van der Waals surface area (Å²) in [6.45, 7) is 7.40. The molecule has 7 nitrogen and oxygen atoms in total. The number of carbonyl (C=O) groups is 1. The van der Waals surface area contributed by atoms with Crippen LogP contribution in [0, 0.1) is 5.41 Å². The summed E-state index contributed by atoms with van der Waals surface area (Å²) in [5, 5.41) is 5.08. The van der Waals surface area contributed by atoms with Crippen molar-refractivity contribution >= 4 is 16.1 Å². The van der Waals surface area contributed by atoms with Gasteiger partial charge in [-0.25, -0.2) is 4.79 Å². The lowest BCUT2D eigenvalue weighted by Crippen LogP contribution is -2.47. The van der Waals surface area contributed by atoms with Gasteiger partial charge in [-0.05, 0) is 31.9 Å². The molecule has 1 aromatic carbocycles. The molecule has 0 aromatic heterocycles. The number of piperazine rings is 1. The Hall–Kier alpha value is -1.48. The zero-order valence-corrected chi connectivity index (χ0v) is 15.9. The van der Waals surface area contributed by atoms with Crippen LogP contribution in [-0.2, 0) is 30.5 Å². The number of hydrogen-bond donors (Lipinski definition) is 1.